The van der Waals surface area contributed by atoms with Crippen LogP contribution in [0.25, 0.3) is 0 Å². The number of nitrogens with one attached hydrogen (secondary N) is 4. The van der Waals surface area contributed by atoms with Crippen LogP contribution in [0.3, 0.4) is 0 Å². The fourth-order valence-electron chi connectivity index (χ4n) is 1.33. The molecule has 100 valence electrons. The molecule has 0 saturated heterocycles. The van der Waals surface area contributed by atoms with Crippen molar-refractivity contribution in [2.24, 2.45) is 4.99 Å². The predicted octanol–water partition coefficient (Wildman–Crippen LogP) is 0.970. The lowest BCUT2D eigenvalue weighted by Crippen LogP contribution is -2.45. The smallest absolute Gasteiger partial charge is 0.197 e. The van der Waals surface area contributed by atoms with E-state index in [-0.39, 0.29) is 18.4 Å². The number of guanidine groups is 2. The lowest BCUT2D eigenvalue weighted by molar-refractivity contribution is 0.841. The zero-order valence-corrected chi connectivity index (χ0v) is 11.5. The van der Waals surface area contributed by atoms with Crippen molar-refractivity contribution >= 4 is 24.3 Å². The maximum atomic E-state index is 7.43. The van der Waals surface area contributed by atoms with Gasteiger partial charge in [0.2, 0.25) is 0 Å². The highest BCUT2D eigenvalue weighted by atomic mass is 35.5. The summed E-state index contributed by atoms with van der Waals surface area (Å²) >= 11 is 0. The molecule has 6 heteroatoms. The van der Waals surface area contributed by atoms with E-state index in [2.05, 4.69) is 33.1 Å². The third-order valence-corrected chi connectivity index (χ3v) is 2.27. The molecule has 0 fully saturated rings. The first kappa shape index (κ1) is 16.2. The van der Waals surface area contributed by atoms with Gasteiger partial charge in [0.1, 0.15) is 0 Å². The fourth-order valence-corrected chi connectivity index (χ4v) is 1.33. The highest BCUT2D eigenvalue weighted by Crippen LogP contribution is 1.97. The van der Waals surface area contributed by atoms with Crippen LogP contribution in [0.4, 0.5) is 0 Å². The van der Waals surface area contributed by atoms with Crippen LogP contribution in [-0.2, 0) is 6.42 Å². The minimum Gasteiger partial charge on any atom is -0.359 e. The summed E-state index contributed by atoms with van der Waals surface area (Å²) in [6.07, 6.45) is 0.925. The molecule has 0 saturated carbocycles. The molecule has 1 aromatic rings. The monoisotopic (exact) mass is 269 g/mol. The van der Waals surface area contributed by atoms with Crippen LogP contribution in [-0.4, -0.2) is 32.6 Å². The summed E-state index contributed by atoms with van der Waals surface area (Å²) in [5, 5.41) is 16.1. The molecule has 0 atom stereocenters. The molecule has 4 N–H and O–H groups in total. The Balaban J connectivity index is 0.00000289. The van der Waals surface area contributed by atoms with Gasteiger partial charge in [0, 0.05) is 20.6 Å². The van der Waals surface area contributed by atoms with E-state index in [1.165, 1.54) is 5.56 Å². The maximum Gasteiger partial charge on any atom is 0.197 e. The van der Waals surface area contributed by atoms with Crippen LogP contribution in [0.2, 0.25) is 0 Å². The van der Waals surface area contributed by atoms with E-state index in [1.54, 1.807) is 14.1 Å². The fraction of sp³-hybridized carbons (Fsp3) is 0.333. The molecule has 0 bridgehead atoms. The quantitative estimate of drug-likeness (QED) is 0.488. The van der Waals surface area contributed by atoms with E-state index in [0.29, 0.717) is 5.96 Å². The normalized spacial score (nSPS) is 10.2. The van der Waals surface area contributed by atoms with Crippen molar-refractivity contribution in [3.8, 4) is 0 Å². The van der Waals surface area contributed by atoms with Crippen LogP contribution < -0.4 is 16.0 Å². The Morgan fingerprint density at radius 2 is 1.94 bits per heavy atom. The molecule has 0 aliphatic carbocycles. The average molecular weight is 270 g/mol. The first-order valence-electron chi connectivity index (χ1n) is 5.54. The Morgan fingerprint density at radius 3 is 2.50 bits per heavy atom. The predicted molar refractivity (Wildman–Crippen MR) is 78.7 cm³/mol. The largest absolute Gasteiger partial charge is 0.359 e. The Kier molecular flexibility index (Phi) is 8.39. The molecule has 0 heterocycles. The number of nitrogens with zero attached hydrogens (tertiary/aromatic N) is 1. The number of halogens is 1. The summed E-state index contributed by atoms with van der Waals surface area (Å²) in [7, 11) is 3.37. The molecule has 0 unspecified atom stereocenters. The van der Waals surface area contributed by atoms with Gasteiger partial charge in [0.25, 0.3) is 0 Å². The van der Waals surface area contributed by atoms with Crippen molar-refractivity contribution in [1.29, 1.82) is 5.41 Å². The summed E-state index contributed by atoms with van der Waals surface area (Å²) < 4.78 is 0. The van der Waals surface area contributed by atoms with Crippen molar-refractivity contribution in [2.45, 2.75) is 6.42 Å². The van der Waals surface area contributed by atoms with Gasteiger partial charge in [-0.1, -0.05) is 30.3 Å². The summed E-state index contributed by atoms with van der Waals surface area (Å²) in [5.41, 5.74) is 1.28. The van der Waals surface area contributed by atoms with Crippen LogP contribution in [0, 0.1) is 5.41 Å². The third-order valence-electron chi connectivity index (χ3n) is 2.27. The zero-order valence-electron chi connectivity index (χ0n) is 10.7. The average Bonchev–Trinajstić information content (AvgIpc) is 2.38. The molecule has 1 aromatic carbocycles. The molecule has 0 aliphatic heterocycles. The number of aliphatic imine (C=N–C) groups is 1. The van der Waals surface area contributed by atoms with Crippen molar-refractivity contribution in [3.05, 3.63) is 35.9 Å². The number of benzene rings is 1. The van der Waals surface area contributed by atoms with Crippen LogP contribution >= 0.6 is 12.4 Å². The molecule has 1 rings (SSSR count). The molecule has 0 radical (unpaired) electrons. The molecule has 0 spiro atoms. The minimum absolute atomic E-state index is 0. The van der Waals surface area contributed by atoms with Crippen molar-refractivity contribution in [3.63, 3.8) is 0 Å². The second kappa shape index (κ2) is 9.30. The highest BCUT2D eigenvalue weighted by Gasteiger charge is 1.99. The highest BCUT2D eigenvalue weighted by molar-refractivity contribution is 5.97. The van der Waals surface area contributed by atoms with E-state index in [0.717, 1.165) is 13.0 Å². The van der Waals surface area contributed by atoms with E-state index in [1.807, 2.05) is 18.2 Å². The van der Waals surface area contributed by atoms with Crippen LogP contribution in [0.5, 0.6) is 0 Å². The summed E-state index contributed by atoms with van der Waals surface area (Å²) in [6, 6.07) is 10.2. The topological polar surface area (TPSA) is 72.3 Å². The second-order valence-corrected chi connectivity index (χ2v) is 3.48. The van der Waals surface area contributed by atoms with Gasteiger partial charge in [-0.25, -0.2) is 0 Å². The second-order valence-electron chi connectivity index (χ2n) is 3.48. The Bertz CT molecular complexity index is 377. The molecule has 5 nitrogen and oxygen atoms in total. The van der Waals surface area contributed by atoms with E-state index >= 15 is 0 Å². The summed E-state index contributed by atoms with van der Waals surface area (Å²) in [6.45, 7) is 0.778. The number of hydrogen-bond acceptors (Lipinski definition) is 2. The first-order chi connectivity index (χ1) is 8.26. The van der Waals surface area contributed by atoms with Gasteiger partial charge in [0.05, 0.1) is 0 Å². The van der Waals surface area contributed by atoms with Gasteiger partial charge >= 0.3 is 0 Å². The van der Waals surface area contributed by atoms with E-state index in [4.69, 9.17) is 5.41 Å². The Morgan fingerprint density at radius 1 is 1.28 bits per heavy atom. The standard InChI is InChI=1S/C12H19N5.ClH/c1-14-11(13)17-12(15-2)16-9-8-10-6-4-3-5-7-10;/h3-7H,8-9H2,1-2H3,(H4,13,14,15,16,17);1H. The van der Waals surface area contributed by atoms with E-state index in [9.17, 15) is 0 Å². The van der Waals surface area contributed by atoms with Crippen molar-refractivity contribution < 1.29 is 0 Å². The zero-order chi connectivity index (χ0) is 12.5. The van der Waals surface area contributed by atoms with Crippen LogP contribution in [0.1, 0.15) is 5.56 Å². The molecule has 0 amide bonds. The van der Waals surface area contributed by atoms with Gasteiger partial charge in [0.15, 0.2) is 11.9 Å². The van der Waals surface area contributed by atoms with Gasteiger partial charge in [-0.15, -0.1) is 12.4 Å². The van der Waals surface area contributed by atoms with Crippen LogP contribution in [0.15, 0.2) is 35.3 Å². The van der Waals surface area contributed by atoms with Gasteiger partial charge in [-0.05, 0) is 12.0 Å². The number of rotatable bonds is 3. The third kappa shape index (κ3) is 6.10. The number of hydrogen-bond donors (Lipinski definition) is 4. The molecule has 0 aromatic heterocycles. The first-order valence-corrected chi connectivity index (χ1v) is 5.54. The van der Waals surface area contributed by atoms with Gasteiger partial charge < -0.3 is 10.6 Å². The van der Waals surface area contributed by atoms with Gasteiger partial charge in [-0.3, -0.25) is 15.7 Å². The molecule has 18 heavy (non-hydrogen) atoms. The Hall–Kier alpha value is -1.75. The Labute approximate surface area is 114 Å². The molecule has 0 aliphatic rings. The minimum atomic E-state index is 0. The van der Waals surface area contributed by atoms with E-state index < -0.39 is 0 Å². The molecular weight excluding hydrogens is 250 g/mol. The lowest BCUT2D eigenvalue weighted by Gasteiger charge is -2.11. The van der Waals surface area contributed by atoms with Crippen molar-refractivity contribution in [2.75, 3.05) is 20.6 Å². The summed E-state index contributed by atoms with van der Waals surface area (Å²) in [4.78, 5) is 4.02. The lowest BCUT2D eigenvalue weighted by atomic mass is 10.1. The molecular formula is C12H20ClN5. The van der Waals surface area contributed by atoms with Crippen molar-refractivity contribution in [1.82, 2.24) is 16.0 Å². The maximum absolute atomic E-state index is 7.43. The SMILES string of the molecule is CN=C(NCCc1ccccc1)NC(=N)NC.Cl. The van der Waals surface area contributed by atoms with Gasteiger partial charge in [-0.2, -0.15) is 0 Å². The summed E-state index contributed by atoms with van der Waals surface area (Å²) in [5.74, 6) is 0.818.